The van der Waals surface area contributed by atoms with E-state index in [1.54, 1.807) is 0 Å². The van der Waals surface area contributed by atoms with Gasteiger partial charge in [-0.25, -0.2) is 4.39 Å². The molecule has 0 spiro atoms. The molecule has 2 rings (SSSR count). The summed E-state index contributed by atoms with van der Waals surface area (Å²) in [5.41, 5.74) is 5.73. The van der Waals surface area contributed by atoms with Crippen LogP contribution < -0.4 is 11.1 Å². The van der Waals surface area contributed by atoms with Gasteiger partial charge in [-0.05, 0) is 30.3 Å². The van der Waals surface area contributed by atoms with E-state index in [9.17, 15) is 19.3 Å². The first kappa shape index (κ1) is 13.5. The van der Waals surface area contributed by atoms with E-state index in [2.05, 4.69) is 5.32 Å². The first-order valence-corrected chi connectivity index (χ1v) is 5.58. The van der Waals surface area contributed by atoms with Crippen LogP contribution in [-0.4, -0.2) is 10.8 Å². The third-order valence-corrected chi connectivity index (χ3v) is 2.60. The first-order valence-electron chi connectivity index (χ1n) is 5.58. The maximum absolute atomic E-state index is 13.5. The molecule has 1 amide bonds. The van der Waals surface area contributed by atoms with Crippen LogP contribution in [0.1, 0.15) is 10.4 Å². The third kappa shape index (κ3) is 2.89. The van der Waals surface area contributed by atoms with Crippen LogP contribution in [0.2, 0.25) is 0 Å². The summed E-state index contributed by atoms with van der Waals surface area (Å²) in [5, 5.41) is 13.4. The normalized spacial score (nSPS) is 10.1. The summed E-state index contributed by atoms with van der Waals surface area (Å²) in [5.74, 6) is -1.58. The van der Waals surface area contributed by atoms with Crippen molar-refractivity contribution in [2.75, 3.05) is 5.32 Å². The lowest BCUT2D eigenvalue weighted by molar-refractivity contribution is -0.384. The molecule has 0 aromatic heterocycles. The van der Waals surface area contributed by atoms with Gasteiger partial charge in [-0.15, -0.1) is 0 Å². The van der Waals surface area contributed by atoms with Gasteiger partial charge in [0.1, 0.15) is 5.82 Å². The van der Waals surface area contributed by atoms with Crippen LogP contribution in [0, 0.1) is 15.9 Å². The number of amides is 1. The number of anilines is 2. The van der Waals surface area contributed by atoms with Crippen molar-refractivity contribution in [2.45, 2.75) is 0 Å². The number of carbonyl (C=O) groups is 1. The highest BCUT2D eigenvalue weighted by molar-refractivity contribution is 5.93. The first-order chi connectivity index (χ1) is 9.47. The second-order valence-corrected chi connectivity index (χ2v) is 3.99. The van der Waals surface area contributed by atoms with Crippen molar-refractivity contribution in [3.8, 4) is 0 Å². The van der Waals surface area contributed by atoms with Crippen molar-refractivity contribution >= 4 is 23.0 Å². The van der Waals surface area contributed by atoms with E-state index >= 15 is 0 Å². The molecule has 102 valence electrons. The Morgan fingerprint density at radius 1 is 1.15 bits per heavy atom. The Kier molecular flexibility index (Phi) is 3.60. The molecule has 0 unspecified atom stereocenters. The van der Waals surface area contributed by atoms with E-state index in [4.69, 9.17) is 5.73 Å². The van der Waals surface area contributed by atoms with Gasteiger partial charge in [0.05, 0.1) is 10.5 Å². The molecule has 0 saturated heterocycles. The molecule has 3 N–H and O–H groups in total. The van der Waals surface area contributed by atoms with Crippen molar-refractivity contribution in [2.24, 2.45) is 5.73 Å². The van der Waals surface area contributed by atoms with Crippen LogP contribution in [0.25, 0.3) is 0 Å². The molecular formula is C13H10FN3O3. The zero-order chi connectivity index (χ0) is 14.7. The van der Waals surface area contributed by atoms with Gasteiger partial charge in [0.2, 0.25) is 0 Å². The number of carbonyl (C=O) groups excluding carboxylic acids is 1. The van der Waals surface area contributed by atoms with Gasteiger partial charge in [-0.2, -0.15) is 0 Å². The Balaban J connectivity index is 2.19. The quantitative estimate of drug-likeness (QED) is 0.661. The van der Waals surface area contributed by atoms with Gasteiger partial charge in [0.15, 0.2) is 0 Å². The molecule has 0 atom stereocenters. The fourth-order valence-electron chi connectivity index (χ4n) is 1.63. The maximum Gasteiger partial charge on any atom is 0.269 e. The van der Waals surface area contributed by atoms with Gasteiger partial charge in [-0.1, -0.05) is 0 Å². The van der Waals surface area contributed by atoms with Gasteiger partial charge in [-0.3, -0.25) is 14.9 Å². The number of hydrogen-bond donors (Lipinski definition) is 2. The van der Waals surface area contributed by atoms with Crippen LogP contribution in [0.3, 0.4) is 0 Å². The molecular weight excluding hydrogens is 265 g/mol. The zero-order valence-corrected chi connectivity index (χ0v) is 10.2. The summed E-state index contributed by atoms with van der Waals surface area (Å²) in [6.07, 6.45) is 0. The summed E-state index contributed by atoms with van der Waals surface area (Å²) in [6.45, 7) is 0. The topological polar surface area (TPSA) is 98.3 Å². The van der Waals surface area contributed by atoms with Gasteiger partial charge < -0.3 is 11.1 Å². The molecule has 0 aliphatic carbocycles. The number of halogens is 1. The summed E-state index contributed by atoms with van der Waals surface area (Å²) < 4.78 is 13.5. The summed E-state index contributed by atoms with van der Waals surface area (Å²) >= 11 is 0. The monoisotopic (exact) mass is 275 g/mol. The number of nitro groups is 1. The Morgan fingerprint density at radius 2 is 1.75 bits per heavy atom. The summed E-state index contributed by atoms with van der Waals surface area (Å²) in [6, 6.07) is 9.54. The van der Waals surface area contributed by atoms with Crippen molar-refractivity contribution in [1.29, 1.82) is 0 Å². The lowest BCUT2D eigenvalue weighted by Gasteiger charge is -2.07. The fraction of sp³-hybridized carbons (Fsp3) is 0. The largest absolute Gasteiger partial charge is 0.366 e. The van der Waals surface area contributed by atoms with E-state index in [1.807, 2.05) is 0 Å². The van der Waals surface area contributed by atoms with Crippen molar-refractivity contribution in [1.82, 2.24) is 0 Å². The van der Waals surface area contributed by atoms with E-state index in [1.165, 1.54) is 36.4 Å². The van der Waals surface area contributed by atoms with Crippen LogP contribution in [0.4, 0.5) is 21.5 Å². The molecule has 0 radical (unpaired) electrons. The standard InChI is InChI=1S/C13H10FN3O3/c14-12-7-9(3-6-11(12)13(15)18)16-8-1-4-10(5-2-8)17(19)20/h1-7,16H,(H2,15,18). The zero-order valence-electron chi connectivity index (χ0n) is 10.2. The minimum Gasteiger partial charge on any atom is -0.366 e. The summed E-state index contributed by atoms with van der Waals surface area (Å²) in [7, 11) is 0. The van der Waals surface area contributed by atoms with Crippen LogP contribution in [-0.2, 0) is 0 Å². The Hall–Kier alpha value is -2.96. The maximum atomic E-state index is 13.5. The van der Waals surface area contributed by atoms with Gasteiger partial charge in [0, 0.05) is 23.5 Å². The van der Waals surface area contributed by atoms with Gasteiger partial charge in [0.25, 0.3) is 11.6 Å². The second kappa shape index (κ2) is 5.35. The Bertz CT molecular complexity index is 671. The predicted molar refractivity (Wildman–Crippen MR) is 71.3 cm³/mol. The highest BCUT2D eigenvalue weighted by atomic mass is 19.1. The van der Waals surface area contributed by atoms with Crippen molar-refractivity contribution in [3.63, 3.8) is 0 Å². The number of hydrogen-bond acceptors (Lipinski definition) is 4. The summed E-state index contributed by atoms with van der Waals surface area (Å²) in [4.78, 5) is 20.9. The Labute approximate surface area is 113 Å². The second-order valence-electron chi connectivity index (χ2n) is 3.99. The third-order valence-electron chi connectivity index (χ3n) is 2.60. The van der Waals surface area contributed by atoms with E-state index in [0.717, 1.165) is 6.07 Å². The van der Waals surface area contributed by atoms with E-state index in [-0.39, 0.29) is 11.3 Å². The molecule has 2 aromatic carbocycles. The Morgan fingerprint density at radius 3 is 2.25 bits per heavy atom. The number of nitrogens with two attached hydrogens (primary N) is 1. The molecule has 0 saturated carbocycles. The van der Waals surface area contributed by atoms with E-state index < -0.39 is 16.6 Å². The van der Waals surface area contributed by atoms with Crippen LogP contribution >= 0.6 is 0 Å². The minimum atomic E-state index is -0.843. The molecule has 0 aliphatic rings. The molecule has 0 fully saturated rings. The smallest absolute Gasteiger partial charge is 0.269 e. The molecule has 6 nitrogen and oxygen atoms in total. The van der Waals surface area contributed by atoms with E-state index in [0.29, 0.717) is 11.4 Å². The van der Waals surface area contributed by atoms with Crippen LogP contribution in [0.5, 0.6) is 0 Å². The molecule has 0 heterocycles. The number of nitro benzene ring substituents is 1. The minimum absolute atomic E-state index is 0.0363. The molecule has 20 heavy (non-hydrogen) atoms. The lowest BCUT2D eigenvalue weighted by atomic mass is 10.1. The molecule has 0 bridgehead atoms. The van der Waals surface area contributed by atoms with Crippen molar-refractivity contribution in [3.05, 3.63) is 64.0 Å². The molecule has 2 aromatic rings. The number of nitrogens with one attached hydrogen (secondary N) is 1. The van der Waals surface area contributed by atoms with Crippen LogP contribution in [0.15, 0.2) is 42.5 Å². The fourth-order valence-corrected chi connectivity index (χ4v) is 1.63. The lowest BCUT2D eigenvalue weighted by Crippen LogP contribution is -2.13. The van der Waals surface area contributed by atoms with Crippen molar-refractivity contribution < 1.29 is 14.1 Å². The average Bonchev–Trinajstić information content (AvgIpc) is 2.39. The number of nitrogens with zero attached hydrogens (tertiary/aromatic N) is 1. The number of rotatable bonds is 4. The number of primary amides is 1. The molecule has 0 aliphatic heterocycles. The SMILES string of the molecule is NC(=O)c1ccc(Nc2ccc([N+](=O)[O-])cc2)cc1F. The van der Waals surface area contributed by atoms with Gasteiger partial charge >= 0.3 is 0 Å². The highest BCUT2D eigenvalue weighted by Crippen LogP contribution is 2.21. The number of benzene rings is 2. The predicted octanol–water partition coefficient (Wildman–Crippen LogP) is 2.58. The average molecular weight is 275 g/mol. The number of non-ortho nitro benzene ring substituents is 1. The molecule has 7 heteroatoms. The highest BCUT2D eigenvalue weighted by Gasteiger charge is 2.09.